The Kier molecular flexibility index (Phi) is 2.10. The first-order valence-corrected chi connectivity index (χ1v) is 3.59. The average molecular weight is 151 g/mol. The van der Waals surface area contributed by atoms with Gasteiger partial charge in [0.15, 0.2) is 0 Å². The fourth-order valence-electron chi connectivity index (χ4n) is 0.856. The number of nitrogens with zero attached hydrogens (tertiary/aromatic N) is 1. The van der Waals surface area contributed by atoms with Gasteiger partial charge in [0.2, 0.25) is 0 Å². The first-order chi connectivity index (χ1) is 5.11. The molecule has 3 heteroatoms. The van der Waals surface area contributed by atoms with E-state index in [9.17, 15) is 0 Å². The molecule has 0 spiro atoms. The van der Waals surface area contributed by atoms with Gasteiger partial charge < -0.3 is 11.5 Å². The van der Waals surface area contributed by atoms with Crippen LogP contribution >= 0.6 is 0 Å². The Morgan fingerprint density at radius 2 is 2.18 bits per heavy atom. The van der Waals surface area contributed by atoms with E-state index in [1.54, 1.807) is 6.20 Å². The van der Waals surface area contributed by atoms with Crippen molar-refractivity contribution in [1.29, 1.82) is 0 Å². The lowest BCUT2D eigenvalue weighted by molar-refractivity contribution is 0.810. The van der Waals surface area contributed by atoms with Gasteiger partial charge in [0, 0.05) is 12.2 Å². The van der Waals surface area contributed by atoms with Gasteiger partial charge in [0.1, 0.15) is 5.82 Å². The second-order valence-electron chi connectivity index (χ2n) is 2.76. The molecule has 1 rings (SSSR count). The highest BCUT2D eigenvalue weighted by Gasteiger charge is 2.01. The summed E-state index contributed by atoms with van der Waals surface area (Å²) in [5.41, 5.74) is 13.2. The summed E-state index contributed by atoms with van der Waals surface area (Å²) in [6.45, 7) is 3.85. The molecule has 3 nitrogen and oxygen atoms in total. The van der Waals surface area contributed by atoms with Crippen molar-refractivity contribution in [2.75, 3.05) is 5.73 Å². The van der Waals surface area contributed by atoms with E-state index in [4.69, 9.17) is 11.5 Å². The third-order valence-corrected chi connectivity index (χ3v) is 1.67. The minimum atomic E-state index is 0.0294. The molecule has 60 valence electrons. The molecule has 11 heavy (non-hydrogen) atoms. The third kappa shape index (κ3) is 1.68. The summed E-state index contributed by atoms with van der Waals surface area (Å²) >= 11 is 0. The molecule has 0 radical (unpaired) electrons. The highest BCUT2D eigenvalue weighted by Crippen LogP contribution is 2.13. The Labute approximate surface area is 66.4 Å². The molecule has 0 unspecified atom stereocenters. The molecule has 0 aliphatic heterocycles. The summed E-state index contributed by atoms with van der Waals surface area (Å²) in [4.78, 5) is 4.00. The van der Waals surface area contributed by atoms with E-state index >= 15 is 0 Å². The summed E-state index contributed by atoms with van der Waals surface area (Å²) in [6, 6.07) is 1.99. The summed E-state index contributed by atoms with van der Waals surface area (Å²) in [5, 5.41) is 0. The van der Waals surface area contributed by atoms with Crippen LogP contribution in [-0.2, 0) is 0 Å². The van der Waals surface area contributed by atoms with Crippen molar-refractivity contribution < 1.29 is 0 Å². The van der Waals surface area contributed by atoms with E-state index in [1.807, 2.05) is 19.9 Å². The van der Waals surface area contributed by atoms with Crippen LogP contribution in [0.25, 0.3) is 0 Å². The first kappa shape index (κ1) is 8.01. The highest BCUT2D eigenvalue weighted by molar-refractivity contribution is 5.40. The SMILES string of the molecule is Cc1cc([C@@H](C)N)cnc1N. The van der Waals surface area contributed by atoms with Gasteiger partial charge >= 0.3 is 0 Å². The largest absolute Gasteiger partial charge is 0.383 e. The molecule has 0 aliphatic carbocycles. The molecule has 0 amide bonds. The van der Waals surface area contributed by atoms with Gasteiger partial charge in [-0.05, 0) is 31.0 Å². The predicted molar refractivity (Wildman–Crippen MR) is 46.0 cm³/mol. The number of anilines is 1. The molecular formula is C8H13N3. The summed E-state index contributed by atoms with van der Waals surface area (Å²) < 4.78 is 0. The number of hydrogen-bond acceptors (Lipinski definition) is 3. The minimum absolute atomic E-state index is 0.0294. The number of aromatic nitrogens is 1. The smallest absolute Gasteiger partial charge is 0.126 e. The van der Waals surface area contributed by atoms with Crippen LogP contribution in [-0.4, -0.2) is 4.98 Å². The Morgan fingerprint density at radius 3 is 2.64 bits per heavy atom. The van der Waals surface area contributed by atoms with E-state index in [-0.39, 0.29) is 6.04 Å². The van der Waals surface area contributed by atoms with Gasteiger partial charge in [0.25, 0.3) is 0 Å². The maximum Gasteiger partial charge on any atom is 0.126 e. The average Bonchev–Trinajstić information content (AvgIpc) is 1.94. The molecule has 1 atom stereocenters. The molecule has 0 aromatic carbocycles. The maximum absolute atomic E-state index is 5.65. The Hall–Kier alpha value is -1.09. The fourth-order valence-corrected chi connectivity index (χ4v) is 0.856. The van der Waals surface area contributed by atoms with Crippen LogP contribution in [0.4, 0.5) is 5.82 Å². The van der Waals surface area contributed by atoms with Gasteiger partial charge in [-0.25, -0.2) is 4.98 Å². The quantitative estimate of drug-likeness (QED) is 0.629. The van der Waals surface area contributed by atoms with Crippen molar-refractivity contribution in [3.63, 3.8) is 0 Å². The lowest BCUT2D eigenvalue weighted by Crippen LogP contribution is -2.06. The van der Waals surface area contributed by atoms with Gasteiger partial charge in [-0.3, -0.25) is 0 Å². The zero-order valence-corrected chi connectivity index (χ0v) is 6.83. The number of nitrogens with two attached hydrogens (primary N) is 2. The number of nitrogen functional groups attached to an aromatic ring is 1. The highest BCUT2D eigenvalue weighted by atomic mass is 14.8. The molecule has 4 N–H and O–H groups in total. The van der Waals surface area contributed by atoms with Gasteiger partial charge in [0.05, 0.1) is 0 Å². The van der Waals surface area contributed by atoms with E-state index in [1.165, 1.54) is 0 Å². The van der Waals surface area contributed by atoms with Gasteiger partial charge in [-0.1, -0.05) is 0 Å². The van der Waals surface area contributed by atoms with Crippen LogP contribution in [0.1, 0.15) is 24.1 Å². The Balaban J connectivity index is 3.05. The molecule has 0 aliphatic rings. The third-order valence-electron chi connectivity index (χ3n) is 1.67. The van der Waals surface area contributed by atoms with Crippen molar-refractivity contribution >= 4 is 5.82 Å². The molecule has 1 aromatic rings. The summed E-state index contributed by atoms with van der Waals surface area (Å²) in [6.07, 6.45) is 1.72. The molecule has 1 heterocycles. The van der Waals surface area contributed by atoms with Crippen LogP contribution in [0.3, 0.4) is 0 Å². The number of hydrogen-bond donors (Lipinski definition) is 2. The topological polar surface area (TPSA) is 64.9 Å². The lowest BCUT2D eigenvalue weighted by atomic mass is 10.1. The summed E-state index contributed by atoms with van der Waals surface area (Å²) in [7, 11) is 0. The normalized spacial score (nSPS) is 13.0. The molecule has 1 aromatic heterocycles. The molecule has 0 saturated carbocycles. The molecule has 0 bridgehead atoms. The van der Waals surface area contributed by atoms with E-state index in [2.05, 4.69) is 4.98 Å². The molecule has 0 fully saturated rings. The molecule has 0 saturated heterocycles. The van der Waals surface area contributed by atoms with Crippen molar-refractivity contribution in [3.8, 4) is 0 Å². The van der Waals surface area contributed by atoms with E-state index in [0.717, 1.165) is 11.1 Å². The van der Waals surface area contributed by atoms with E-state index < -0.39 is 0 Å². The van der Waals surface area contributed by atoms with Crippen LogP contribution < -0.4 is 11.5 Å². The monoisotopic (exact) mass is 151 g/mol. The maximum atomic E-state index is 5.65. The predicted octanol–water partition coefficient (Wildman–Crippen LogP) is 0.992. The van der Waals surface area contributed by atoms with Crippen molar-refractivity contribution in [3.05, 3.63) is 23.4 Å². The van der Waals surface area contributed by atoms with Crippen LogP contribution in [0, 0.1) is 6.92 Å². The molecular weight excluding hydrogens is 138 g/mol. The van der Waals surface area contributed by atoms with Gasteiger partial charge in [-0.2, -0.15) is 0 Å². The van der Waals surface area contributed by atoms with Crippen molar-refractivity contribution in [2.24, 2.45) is 5.73 Å². The van der Waals surface area contributed by atoms with Crippen LogP contribution in [0.5, 0.6) is 0 Å². The number of aryl methyl sites for hydroxylation is 1. The summed E-state index contributed by atoms with van der Waals surface area (Å²) in [5.74, 6) is 0.578. The van der Waals surface area contributed by atoms with Crippen molar-refractivity contribution in [1.82, 2.24) is 4.98 Å². The minimum Gasteiger partial charge on any atom is -0.383 e. The van der Waals surface area contributed by atoms with Crippen molar-refractivity contribution in [2.45, 2.75) is 19.9 Å². The fraction of sp³-hybridized carbons (Fsp3) is 0.375. The standard InChI is InChI=1S/C8H13N3/c1-5-3-7(6(2)9)4-11-8(5)10/h3-4,6H,9H2,1-2H3,(H2,10,11)/t6-/m1/s1. The number of pyridine rings is 1. The van der Waals surface area contributed by atoms with Crippen LogP contribution in [0.15, 0.2) is 12.3 Å². The lowest BCUT2D eigenvalue weighted by Gasteiger charge is -2.06. The first-order valence-electron chi connectivity index (χ1n) is 3.59. The van der Waals surface area contributed by atoms with Crippen LogP contribution in [0.2, 0.25) is 0 Å². The zero-order chi connectivity index (χ0) is 8.43. The second-order valence-corrected chi connectivity index (χ2v) is 2.76. The zero-order valence-electron chi connectivity index (χ0n) is 6.83. The van der Waals surface area contributed by atoms with E-state index in [0.29, 0.717) is 5.82 Å². The second kappa shape index (κ2) is 2.88. The Morgan fingerprint density at radius 1 is 1.55 bits per heavy atom. The van der Waals surface area contributed by atoms with Gasteiger partial charge in [-0.15, -0.1) is 0 Å². The Bertz CT molecular complexity index is 256. The number of rotatable bonds is 1.